The molecule has 0 radical (unpaired) electrons. The first-order valence-corrected chi connectivity index (χ1v) is 6.48. The van der Waals surface area contributed by atoms with Crippen molar-refractivity contribution >= 4 is 11.3 Å². The van der Waals surface area contributed by atoms with Crippen molar-refractivity contribution in [2.24, 2.45) is 5.73 Å². The van der Waals surface area contributed by atoms with Crippen LogP contribution >= 0.6 is 11.3 Å². The van der Waals surface area contributed by atoms with E-state index in [1.807, 2.05) is 0 Å². The van der Waals surface area contributed by atoms with Crippen molar-refractivity contribution in [2.75, 3.05) is 0 Å². The van der Waals surface area contributed by atoms with Crippen LogP contribution in [0.2, 0.25) is 0 Å². The monoisotopic (exact) mass is 222 g/mol. The van der Waals surface area contributed by atoms with Crippen LogP contribution in [-0.4, -0.2) is 11.0 Å². The average molecular weight is 222 g/mol. The Morgan fingerprint density at radius 2 is 2.40 bits per heavy atom. The fourth-order valence-corrected chi connectivity index (χ4v) is 2.68. The van der Waals surface area contributed by atoms with Gasteiger partial charge in [0.1, 0.15) is 0 Å². The van der Waals surface area contributed by atoms with Crippen molar-refractivity contribution in [3.05, 3.63) is 27.7 Å². The second-order valence-corrected chi connectivity index (χ2v) is 5.33. The number of hydrogen-bond acceptors (Lipinski definition) is 3. The first-order chi connectivity index (χ1) is 7.24. The molecule has 0 aliphatic heterocycles. The molecule has 2 N–H and O–H groups in total. The summed E-state index contributed by atoms with van der Waals surface area (Å²) in [6.45, 7) is 2.06. The zero-order valence-corrected chi connectivity index (χ0v) is 10.0. The largest absolute Gasteiger partial charge is 0.324 e. The Hall–Kier alpha value is -0.670. The first kappa shape index (κ1) is 10.8. The molecule has 0 saturated heterocycles. The minimum atomic E-state index is 0.266. The molecule has 15 heavy (non-hydrogen) atoms. The van der Waals surface area contributed by atoms with E-state index in [4.69, 9.17) is 5.73 Å². The van der Waals surface area contributed by atoms with Crippen LogP contribution in [0.5, 0.6) is 0 Å². The summed E-state index contributed by atoms with van der Waals surface area (Å²) in [5.74, 6) is 0. The number of hydrogen-bond donors (Lipinski definition) is 1. The van der Waals surface area contributed by atoms with Crippen LogP contribution in [0.1, 0.15) is 36.4 Å². The van der Waals surface area contributed by atoms with Gasteiger partial charge >= 0.3 is 0 Å². The van der Waals surface area contributed by atoms with Crippen LogP contribution in [0, 0.1) is 6.92 Å². The smallest absolute Gasteiger partial charge is 0.0897 e. The Bertz CT molecular complexity index is 354. The molecule has 1 heterocycles. The van der Waals surface area contributed by atoms with E-state index < -0.39 is 0 Å². The molecule has 1 atom stereocenters. The molecule has 3 heteroatoms. The standard InChI is InChI=1S/C12H18N2S/c1-9-14-12(8-15-9)7-10-4-2-3-5-11(13)6-10/h6,8,11H,2-5,7,13H2,1H3. The lowest BCUT2D eigenvalue weighted by atomic mass is 10.1. The highest BCUT2D eigenvalue weighted by Gasteiger charge is 2.09. The van der Waals surface area contributed by atoms with Gasteiger partial charge in [-0.05, 0) is 26.2 Å². The number of nitrogens with zero attached hydrogens (tertiary/aromatic N) is 1. The van der Waals surface area contributed by atoms with E-state index in [0.29, 0.717) is 0 Å². The number of thiazole rings is 1. The van der Waals surface area contributed by atoms with Gasteiger partial charge in [0, 0.05) is 17.8 Å². The van der Waals surface area contributed by atoms with Gasteiger partial charge in [-0.25, -0.2) is 4.98 Å². The summed E-state index contributed by atoms with van der Waals surface area (Å²) in [4.78, 5) is 4.50. The number of aryl methyl sites for hydroxylation is 1. The summed E-state index contributed by atoms with van der Waals surface area (Å²) in [6.07, 6.45) is 8.13. The van der Waals surface area contributed by atoms with Gasteiger partial charge in [0.25, 0.3) is 0 Å². The number of allylic oxidation sites excluding steroid dienone is 1. The Morgan fingerprint density at radius 3 is 3.13 bits per heavy atom. The molecule has 1 aliphatic rings. The van der Waals surface area contributed by atoms with Gasteiger partial charge in [-0.2, -0.15) is 0 Å². The highest BCUT2D eigenvalue weighted by atomic mass is 32.1. The fourth-order valence-electron chi connectivity index (χ4n) is 2.07. The molecule has 2 nitrogen and oxygen atoms in total. The van der Waals surface area contributed by atoms with E-state index in [0.717, 1.165) is 17.8 Å². The SMILES string of the molecule is Cc1nc(CC2=CC(N)CCCC2)cs1. The van der Waals surface area contributed by atoms with Crippen molar-refractivity contribution in [1.82, 2.24) is 4.98 Å². The molecule has 0 spiro atoms. The maximum atomic E-state index is 5.99. The van der Waals surface area contributed by atoms with E-state index in [1.54, 1.807) is 11.3 Å². The topological polar surface area (TPSA) is 38.9 Å². The molecular formula is C12H18N2S. The number of nitrogens with two attached hydrogens (primary N) is 1. The molecule has 0 saturated carbocycles. The fraction of sp³-hybridized carbons (Fsp3) is 0.583. The van der Waals surface area contributed by atoms with Crippen molar-refractivity contribution in [3.8, 4) is 0 Å². The lowest BCUT2D eigenvalue weighted by Gasteiger charge is -2.04. The summed E-state index contributed by atoms with van der Waals surface area (Å²) >= 11 is 1.73. The molecule has 1 unspecified atom stereocenters. The van der Waals surface area contributed by atoms with E-state index in [2.05, 4.69) is 23.4 Å². The maximum Gasteiger partial charge on any atom is 0.0897 e. The Morgan fingerprint density at radius 1 is 1.53 bits per heavy atom. The molecular weight excluding hydrogens is 204 g/mol. The Kier molecular flexibility index (Phi) is 3.54. The second kappa shape index (κ2) is 4.90. The van der Waals surface area contributed by atoms with Crippen molar-refractivity contribution in [3.63, 3.8) is 0 Å². The molecule has 0 bridgehead atoms. The van der Waals surface area contributed by atoms with E-state index in [9.17, 15) is 0 Å². The zero-order valence-electron chi connectivity index (χ0n) is 9.20. The van der Waals surface area contributed by atoms with Crippen LogP contribution in [0.3, 0.4) is 0 Å². The number of rotatable bonds is 2. The normalized spacial score (nSPS) is 22.3. The molecule has 82 valence electrons. The number of aromatic nitrogens is 1. The Labute approximate surface area is 95.2 Å². The minimum absolute atomic E-state index is 0.266. The van der Waals surface area contributed by atoms with Gasteiger partial charge in [-0.15, -0.1) is 11.3 Å². The van der Waals surface area contributed by atoms with Crippen molar-refractivity contribution < 1.29 is 0 Å². The quantitative estimate of drug-likeness (QED) is 0.781. The molecule has 0 fully saturated rings. The van der Waals surface area contributed by atoms with Gasteiger partial charge in [0.2, 0.25) is 0 Å². The van der Waals surface area contributed by atoms with Gasteiger partial charge in [-0.1, -0.05) is 18.1 Å². The third kappa shape index (κ3) is 3.14. The lowest BCUT2D eigenvalue weighted by Crippen LogP contribution is -2.16. The second-order valence-electron chi connectivity index (χ2n) is 4.27. The van der Waals surface area contributed by atoms with Crippen LogP contribution in [-0.2, 0) is 6.42 Å². The summed E-state index contributed by atoms with van der Waals surface area (Å²) in [6, 6.07) is 0.266. The predicted octanol–water partition coefficient (Wildman–Crippen LogP) is 2.82. The third-order valence-electron chi connectivity index (χ3n) is 2.81. The lowest BCUT2D eigenvalue weighted by molar-refractivity contribution is 0.654. The molecule has 0 amide bonds. The zero-order chi connectivity index (χ0) is 10.7. The molecule has 1 aromatic heterocycles. The Balaban J connectivity index is 2.04. The van der Waals surface area contributed by atoms with Crippen LogP contribution in [0.4, 0.5) is 0 Å². The first-order valence-electron chi connectivity index (χ1n) is 5.60. The summed E-state index contributed by atoms with van der Waals surface area (Å²) < 4.78 is 0. The highest BCUT2D eigenvalue weighted by molar-refractivity contribution is 7.09. The van der Waals surface area contributed by atoms with Crippen LogP contribution < -0.4 is 5.73 Å². The van der Waals surface area contributed by atoms with E-state index in [-0.39, 0.29) is 6.04 Å². The van der Waals surface area contributed by atoms with Crippen molar-refractivity contribution in [1.29, 1.82) is 0 Å². The van der Waals surface area contributed by atoms with Gasteiger partial charge in [0.05, 0.1) is 10.7 Å². The van der Waals surface area contributed by atoms with Crippen LogP contribution in [0.25, 0.3) is 0 Å². The van der Waals surface area contributed by atoms with Gasteiger partial charge in [0.15, 0.2) is 0 Å². The van der Waals surface area contributed by atoms with Gasteiger partial charge in [-0.3, -0.25) is 0 Å². The van der Waals surface area contributed by atoms with Crippen LogP contribution in [0.15, 0.2) is 17.0 Å². The maximum absolute atomic E-state index is 5.99. The molecule has 1 aliphatic carbocycles. The van der Waals surface area contributed by atoms with Crippen molar-refractivity contribution in [2.45, 2.75) is 45.1 Å². The summed E-state index contributed by atoms with van der Waals surface area (Å²) in [5, 5.41) is 3.32. The molecule has 2 rings (SSSR count). The molecule has 1 aromatic rings. The minimum Gasteiger partial charge on any atom is -0.324 e. The highest BCUT2D eigenvalue weighted by Crippen LogP contribution is 2.21. The van der Waals surface area contributed by atoms with E-state index in [1.165, 1.54) is 30.5 Å². The van der Waals surface area contributed by atoms with Gasteiger partial charge < -0.3 is 5.73 Å². The molecule has 0 aromatic carbocycles. The van der Waals surface area contributed by atoms with E-state index >= 15 is 0 Å². The summed E-state index contributed by atoms with van der Waals surface area (Å²) in [5.41, 5.74) is 8.67. The third-order valence-corrected chi connectivity index (χ3v) is 3.63. The average Bonchev–Trinajstić information content (AvgIpc) is 2.46. The summed E-state index contributed by atoms with van der Waals surface area (Å²) in [7, 11) is 0. The predicted molar refractivity (Wildman–Crippen MR) is 65.1 cm³/mol.